The number of hydrogen-bond donors (Lipinski definition) is 1. The van der Waals surface area contributed by atoms with Crippen molar-refractivity contribution in [3.63, 3.8) is 0 Å². The fourth-order valence-electron chi connectivity index (χ4n) is 1.76. The summed E-state index contributed by atoms with van der Waals surface area (Å²) in [5, 5.41) is 13.6. The molecule has 0 saturated carbocycles. The van der Waals surface area contributed by atoms with Crippen LogP contribution in [0.2, 0.25) is 0 Å². The Labute approximate surface area is 98.6 Å². The van der Waals surface area contributed by atoms with Crippen molar-refractivity contribution in [2.24, 2.45) is 0 Å². The van der Waals surface area contributed by atoms with Crippen molar-refractivity contribution >= 4 is 11.8 Å². The molecule has 90 valence electrons. The molecular weight excluding hydrogens is 228 g/mol. The van der Waals surface area contributed by atoms with E-state index in [1.54, 1.807) is 18.9 Å². The summed E-state index contributed by atoms with van der Waals surface area (Å²) in [6, 6.07) is 0. The van der Waals surface area contributed by atoms with Gasteiger partial charge in [0.2, 0.25) is 11.7 Å². The zero-order chi connectivity index (χ0) is 11.5. The molecule has 0 bridgehead atoms. The van der Waals surface area contributed by atoms with Crippen molar-refractivity contribution in [3.05, 3.63) is 11.7 Å². The lowest BCUT2D eigenvalue weighted by Crippen LogP contribution is -2.16. The molecule has 0 aliphatic carbocycles. The molecule has 0 spiro atoms. The molecule has 1 saturated heterocycles. The van der Waals surface area contributed by atoms with Crippen LogP contribution in [-0.2, 0) is 4.74 Å². The summed E-state index contributed by atoms with van der Waals surface area (Å²) in [6.07, 6.45) is 0.307. The van der Waals surface area contributed by atoms with Gasteiger partial charge < -0.3 is 14.4 Å². The van der Waals surface area contributed by atoms with Gasteiger partial charge in [-0.2, -0.15) is 16.7 Å². The number of thioether (sulfide) groups is 1. The predicted molar refractivity (Wildman–Crippen MR) is 60.4 cm³/mol. The van der Waals surface area contributed by atoms with E-state index < -0.39 is 0 Å². The third kappa shape index (κ3) is 2.23. The van der Waals surface area contributed by atoms with Crippen LogP contribution in [0.15, 0.2) is 4.52 Å². The normalized spacial score (nSPS) is 27.2. The molecule has 1 aliphatic rings. The van der Waals surface area contributed by atoms with Crippen LogP contribution in [-0.4, -0.2) is 40.0 Å². The molecule has 2 heterocycles. The standard InChI is InChI=1S/C10H16N2O3S/c1-3-8(14-2)9-11-10(15-12-9)6-4-16-5-7(6)13/h6-8,13H,3-5H2,1-2H3. The lowest BCUT2D eigenvalue weighted by Gasteiger charge is -2.08. The average molecular weight is 244 g/mol. The molecule has 1 aromatic rings. The summed E-state index contributed by atoms with van der Waals surface area (Å²) in [5.74, 6) is 2.66. The van der Waals surface area contributed by atoms with E-state index in [0.717, 1.165) is 17.9 Å². The first-order valence-electron chi connectivity index (χ1n) is 5.38. The van der Waals surface area contributed by atoms with Gasteiger partial charge in [0.05, 0.1) is 12.0 Å². The maximum atomic E-state index is 9.72. The lowest BCUT2D eigenvalue weighted by molar-refractivity contribution is 0.0903. The molecule has 2 rings (SSSR count). The smallest absolute Gasteiger partial charge is 0.233 e. The summed E-state index contributed by atoms with van der Waals surface area (Å²) in [6.45, 7) is 2.00. The first kappa shape index (κ1) is 11.9. The second kappa shape index (κ2) is 5.16. The van der Waals surface area contributed by atoms with Gasteiger partial charge in [-0.25, -0.2) is 0 Å². The Kier molecular flexibility index (Phi) is 3.83. The van der Waals surface area contributed by atoms with E-state index in [2.05, 4.69) is 10.1 Å². The van der Waals surface area contributed by atoms with Gasteiger partial charge in [-0.3, -0.25) is 0 Å². The average Bonchev–Trinajstić information content (AvgIpc) is 2.89. The van der Waals surface area contributed by atoms with E-state index in [1.807, 2.05) is 6.92 Å². The van der Waals surface area contributed by atoms with Crippen LogP contribution in [0.3, 0.4) is 0 Å². The van der Waals surface area contributed by atoms with Gasteiger partial charge in [-0.15, -0.1) is 0 Å². The van der Waals surface area contributed by atoms with E-state index in [4.69, 9.17) is 9.26 Å². The van der Waals surface area contributed by atoms with Gasteiger partial charge in [-0.1, -0.05) is 12.1 Å². The minimum atomic E-state index is -0.374. The van der Waals surface area contributed by atoms with Crippen LogP contribution >= 0.6 is 11.8 Å². The molecule has 16 heavy (non-hydrogen) atoms. The van der Waals surface area contributed by atoms with Crippen molar-refractivity contribution in [2.45, 2.75) is 31.5 Å². The zero-order valence-corrected chi connectivity index (χ0v) is 10.2. The Balaban J connectivity index is 2.12. The second-order valence-corrected chi connectivity index (χ2v) is 4.91. The van der Waals surface area contributed by atoms with E-state index in [0.29, 0.717) is 11.7 Å². The molecule has 1 aliphatic heterocycles. The fourth-order valence-corrected chi connectivity index (χ4v) is 2.99. The summed E-state index contributed by atoms with van der Waals surface area (Å²) in [5.41, 5.74) is 0. The number of aliphatic hydroxyl groups is 1. The molecule has 3 atom stereocenters. The Morgan fingerprint density at radius 3 is 3.00 bits per heavy atom. The lowest BCUT2D eigenvalue weighted by atomic mass is 10.1. The van der Waals surface area contributed by atoms with Crippen LogP contribution in [0.25, 0.3) is 0 Å². The first-order valence-corrected chi connectivity index (χ1v) is 6.53. The van der Waals surface area contributed by atoms with Crippen LogP contribution in [0.4, 0.5) is 0 Å². The van der Waals surface area contributed by atoms with Crippen LogP contribution < -0.4 is 0 Å². The summed E-state index contributed by atoms with van der Waals surface area (Å²) in [7, 11) is 1.63. The minimum Gasteiger partial charge on any atom is -0.391 e. The Hall–Kier alpha value is -0.590. The first-order chi connectivity index (χ1) is 7.76. The summed E-state index contributed by atoms with van der Waals surface area (Å²) in [4.78, 5) is 4.31. The minimum absolute atomic E-state index is 0.0272. The SMILES string of the molecule is CCC(OC)c1noc(C2CSCC2O)n1. The van der Waals surface area contributed by atoms with Gasteiger partial charge >= 0.3 is 0 Å². The van der Waals surface area contributed by atoms with Crippen LogP contribution in [0, 0.1) is 0 Å². The summed E-state index contributed by atoms with van der Waals surface area (Å²) >= 11 is 1.71. The van der Waals surface area contributed by atoms with Crippen molar-refractivity contribution < 1.29 is 14.4 Å². The third-order valence-corrected chi connectivity index (χ3v) is 3.94. The monoisotopic (exact) mass is 244 g/mol. The predicted octanol–water partition coefficient (Wildman–Crippen LogP) is 1.36. The number of rotatable bonds is 4. The molecule has 0 aromatic carbocycles. The van der Waals surface area contributed by atoms with E-state index >= 15 is 0 Å². The Morgan fingerprint density at radius 2 is 2.44 bits per heavy atom. The van der Waals surface area contributed by atoms with Gasteiger partial charge in [0.25, 0.3) is 0 Å². The second-order valence-electron chi connectivity index (χ2n) is 3.83. The van der Waals surface area contributed by atoms with Gasteiger partial charge in [0, 0.05) is 18.6 Å². The molecule has 1 aromatic heterocycles. The highest BCUT2D eigenvalue weighted by Crippen LogP contribution is 2.32. The van der Waals surface area contributed by atoms with E-state index in [-0.39, 0.29) is 18.1 Å². The topological polar surface area (TPSA) is 68.4 Å². The molecule has 5 nitrogen and oxygen atoms in total. The number of hydrogen-bond acceptors (Lipinski definition) is 6. The number of aromatic nitrogens is 2. The van der Waals surface area contributed by atoms with Crippen molar-refractivity contribution in [2.75, 3.05) is 18.6 Å². The molecule has 1 fully saturated rings. The van der Waals surface area contributed by atoms with E-state index in [9.17, 15) is 5.11 Å². The van der Waals surface area contributed by atoms with Crippen molar-refractivity contribution in [1.29, 1.82) is 0 Å². The van der Waals surface area contributed by atoms with Gasteiger partial charge in [0.15, 0.2) is 0 Å². The Morgan fingerprint density at radius 1 is 1.62 bits per heavy atom. The quantitative estimate of drug-likeness (QED) is 0.862. The molecule has 6 heteroatoms. The van der Waals surface area contributed by atoms with Crippen molar-refractivity contribution in [1.82, 2.24) is 10.1 Å². The van der Waals surface area contributed by atoms with E-state index in [1.165, 1.54) is 0 Å². The number of aliphatic hydroxyl groups excluding tert-OH is 1. The highest BCUT2D eigenvalue weighted by Gasteiger charge is 2.32. The maximum absolute atomic E-state index is 9.72. The van der Waals surface area contributed by atoms with Gasteiger partial charge in [-0.05, 0) is 6.42 Å². The molecule has 0 amide bonds. The molecule has 0 radical (unpaired) electrons. The summed E-state index contributed by atoms with van der Waals surface area (Å²) < 4.78 is 10.4. The number of ether oxygens (including phenoxy) is 1. The largest absolute Gasteiger partial charge is 0.391 e. The highest BCUT2D eigenvalue weighted by atomic mass is 32.2. The highest BCUT2D eigenvalue weighted by molar-refractivity contribution is 7.99. The molecular formula is C10H16N2O3S. The zero-order valence-electron chi connectivity index (χ0n) is 9.42. The Bertz CT molecular complexity index is 341. The third-order valence-electron chi connectivity index (χ3n) is 2.77. The number of methoxy groups -OCH3 is 1. The van der Waals surface area contributed by atoms with Gasteiger partial charge in [0.1, 0.15) is 6.10 Å². The number of nitrogens with zero attached hydrogens (tertiary/aromatic N) is 2. The maximum Gasteiger partial charge on any atom is 0.233 e. The fraction of sp³-hybridized carbons (Fsp3) is 0.800. The van der Waals surface area contributed by atoms with Crippen molar-refractivity contribution in [3.8, 4) is 0 Å². The van der Waals surface area contributed by atoms with Crippen LogP contribution in [0.5, 0.6) is 0 Å². The molecule has 1 N–H and O–H groups in total. The molecule has 3 unspecified atom stereocenters. The van der Waals surface area contributed by atoms with Crippen LogP contribution in [0.1, 0.15) is 37.1 Å².